The molecule has 0 unspecified atom stereocenters. The molecule has 1 aromatic heterocycles. The molecule has 0 fully saturated rings. The van der Waals surface area contributed by atoms with E-state index in [9.17, 15) is 4.79 Å². The van der Waals surface area contributed by atoms with Crippen molar-refractivity contribution in [2.75, 3.05) is 17.7 Å². The van der Waals surface area contributed by atoms with Crippen LogP contribution < -0.4 is 11.1 Å². The first-order chi connectivity index (χ1) is 7.74. The summed E-state index contributed by atoms with van der Waals surface area (Å²) in [7, 11) is 0. The van der Waals surface area contributed by atoms with Crippen molar-refractivity contribution in [2.45, 2.75) is 27.2 Å². The van der Waals surface area contributed by atoms with Gasteiger partial charge in [-0.1, -0.05) is 20.8 Å². The Morgan fingerprint density at radius 2 is 2.25 bits per heavy atom. The standard InChI is InChI=1S/C9H13N3O2.C2H6/c1-2-5-14-9(13)12-8-6-11-4-3-7(8)10;1-2/h3-4,6H,2,5H2,1H3,(H2,10,11)(H,12,13);1-2H3. The molecule has 3 N–H and O–H groups in total. The molecule has 1 rings (SSSR count). The Bertz CT molecular complexity index is 316. The van der Waals surface area contributed by atoms with Crippen LogP contribution in [0.25, 0.3) is 0 Å². The average Bonchev–Trinajstić information content (AvgIpc) is 2.32. The molecule has 0 saturated carbocycles. The zero-order valence-corrected chi connectivity index (χ0v) is 9.99. The van der Waals surface area contributed by atoms with Crippen molar-refractivity contribution >= 4 is 17.5 Å². The zero-order chi connectivity index (χ0) is 12.4. The number of hydrogen-bond acceptors (Lipinski definition) is 4. The van der Waals surface area contributed by atoms with E-state index in [2.05, 4.69) is 10.3 Å². The quantitative estimate of drug-likeness (QED) is 0.829. The number of nitrogens with two attached hydrogens (primary N) is 1. The van der Waals surface area contributed by atoms with Crippen molar-refractivity contribution in [3.8, 4) is 0 Å². The van der Waals surface area contributed by atoms with E-state index in [0.29, 0.717) is 18.0 Å². The van der Waals surface area contributed by atoms with Gasteiger partial charge in [-0.25, -0.2) is 4.79 Å². The molecule has 0 spiro atoms. The van der Waals surface area contributed by atoms with Gasteiger partial charge in [0.25, 0.3) is 0 Å². The van der Waals surface area contributed by atoms with Crippen LogP contribution in [0.5, 0.6) is 0 Å². The fraction of sp³-hybridized carbons (Fsp3) is 0.455. The monoisotopic (exact) mass is 225 g/mol. The van der Waals surface area contributed by atoms with Gasteiger partial charge in [-0.05, 0) is 12.5 Å². The van der Waals surface area contributed by atoms with Crippen molar-refractivity contribution in [1.29, 1.82) is 0 Å². The van der Waals surface area contributed by atoms with E-state index in [-0.39, 0.29) is 0 Å². The number of amides is 1. The molecule has 0 radical (unpaired) electrons. The van der Waals surface area contributed by atoms with Crippen LogP contribution in [0.2, 0.25) is 0 Å². The van der Waals surface area contributed by atoms with E-state index >= 15 is 0 Å². The van der Waals surface area contributed by atoms with Gasteiger partial charge in [-0.2, -0.15) is 0 Å². The highest BCUT2D eigenvalue weighted by atomic mass is 16.5. The number of nitrogen functional groups attached to an aromatic ring is 1. The minimum atomic E-state index is -0.508. The smallest absolute Gasteiger partial charge is 0.411 e. The van der Waals surface area contributed by atoms with E-state index in [1.807, 2.05) is 20.8 Å². The van der Waals surface area contributed by atoms with E-state index in [1.54, 1.807) is 12.3 Å². The van der Waals surface area contributed by atoms with Crippen LogP contribution in [0.1, 0.15) is 27.2 Å². The summed E-state index contributed by atoms with van der Waals surface area (Å²) in [6.45, 7) is 6.32. The second kappa shape index (κ2) is 8.52. The lowest BCUT2D eigenvalue weighted by Crippen LogP contribution is -2.15. The molecule has 0 aromatic carbocycles. The Hall–Kier alpha value is -1.78. The predicted octanol–water partition coefficient (Wildman–Crippen LogP) is 2.65. The number of ether oxygens (including phenoxy) is 1. The van der Waals surface area contributed by atoms with Crippen LogP contribution in [0.3, 0.4) is 0 Å². The molecule has 90 valence electrons. The lowest BCUT2D eigenvalue weighted by Gasteiger charge is -2.07. The van der Waals surface area contributed by atoms with E-state index in [4.69, 9.17) is 10.5 Å². The third-order valence-corrected chi connectivity index (χ3v) is 1.53. The summed E-state index contributed by atoms with van der Waals surface area (Å²) < 4.78 is 4.82. The third kappa shape index (κ3) is 5.19. The molecule has 0 bridgehead atoms. The summed E-state index contributed by atoms with van der Waals surface area (Å²) in [6.07, 6.45) is 3.31. The summed E-state index contributed by atoms with van der Waals surface area (Å²) in [5, 5.41) is 2.50. The molecule has 16 heavy (non-hydrogen) atoms. The highest BCUT2D eigenvalue weighted by molar-refractivity contribution is 5.88. The summed E-state index contributed by atoms with van der Waals surface area (Å²) >= 11 is 0. The third-order valence-electron chi connectivity index (χ3n) is 1.53. The Labute approximate surface area is 96.0 Å². The first kappa shape index (κ1) is 14.2. The fourth-order valence-corrected chi connectivity index (χ4v) is 0.850. The largest absolute Gasteiger partial charge is 0.449 e. The van der Waals surface area contributed by atoms with Gasteiger partial charge in [-0.3, -0.25) is 10.3 Å². The molecule has 1 aromatic rings. The SMILES string of the molecule is CC.CCCOC(=O)Nc1cnccc1N. The van der Waals surface area contributed by atoms with Crippen LogP contribution >= 0.6 is 0 Å². The molecular formula is C11H19N3O2. The second-order valence-electron chi connectivity index (χ2n) is 2.72. The van der Waals surface area contributed by atoms with Crippen molar-refractivity contribution in [3.05, 3.63) is 18.5 Å². The average molecular weight is 225 g/mol. The topological polar surface area (TPSA) is 77.2 Å². The number of nitrogens with one attached hydrogen (secondary N) is 1. The molecule has 0 aliphatic rings. The number of carbonyl (C=O) groups is 1. The maximum atomic E-state index is 11.1. The highest BCUT2D eigenvalue weighted by Gasteiger charge is 2.04. The Kier molecular flexibility index (Phi) is 7.57. The lowest BCUT2D eigenvalue weighted by atomic mass is 10.3. The van der Waals surface area contributed by atoms with Crippen LogP contribution in [-0.2, 0) is 4.74 Å². The van der Waals surface area contributed by atoms with Crippen molar-refractivity contribution in [1.82, 2.24) is 4.98 Å². The van der Waals surface area contributed by atoms with Gasteiger partial charge >= 0.3 is 6.09 Å². The van der Waals surface area contributed by atoms with Crippen LogP contribution in [-0.4, -0.2) is 17.7 Å². The number of aromatic nitrogens is 1. The second-order valence-corrected chi connectivity index (χ2v) is 2.72. The normalized spacial score (nSPS) is 8.69. The summed E-state index contributed by atoms with van der Waals surface area (Å²) in [4.78, 5) is 14.9. The van der Waals surface area contributed by atoms with Gasteiger partial charge in [0.1, 0.15) is 0 Å². The molecule has 0 saturated heterocycles. The van der Waals surface area contributed by atoms with Gasteiger partial charge in [0.15, 0.2) is 0 Å². The van der Waals surface area contributed by atoms with E-state index in [1.165, 1.54) is 6.20 Å². The first-order valence-corrected chi connectivity index (χ1v) is 5.37. The minimum absolute atomic E-state index is 0.395. The number of nitrogens with zero attached hydrogens (tertiary/aromatic N) is 1. The van der Waals surface area contributed by atoms with Gasteiger partial charge in [0.05, 0.1) is 24.2 Å². The predicted molar refractivity (Wildman–Crippen MR) is 65.3 cm³/mol. The van der Waals surface area contributed by atoms with Gasteiger partial charge in [-0.15, -0.1) is 0 Å². The molecule has 0 aliphatic carbocycles. The van der Waals surface area contributed by atoms with E-state index < -0.39 is 6.09 Å². The first-order valence-electron chi connectivity index (χ1n) is 5.37. The van der Waals surface area contributed by atoms with Gasteiger partial charge in [0.2, 0.25) is 0 Å². The highest BCUT2D eigenvalue weighted by Crippen LogP contribution is 2.14. The maximum absolute atomic E-state index is 11.1. The van der Waals surface area contributed by atoms with Crippen LogP contribution in [0.15, 0.2) is 18.5 Å². The van der Waals surface area contributed by atoms with Gasteiger partial charge < -0.3 is 10.5 Å². The summed E-state index contributed by atoms with van der Waals surface area (Å²) in [6, 6.07) is 1.61. The maximum Gasteiger partial charge on any atom is 0.411 e. The molecule has 5 nitrogen and oxygen atoms in total. The number of carbonyl (C=O) groups excluding carboxylic acids is 1. The van der Waals surface area contributed by atoms with Crippen molar-refractivity contribution in [2.24, 2.45) is 0 Å². The number of pyridine rings is 1. The molecule has 0 aliphatic heterocycles. The van der Waals surface area contributed by atoms with E-state index in [0.717, 1.165) is 6.42 Å². The number of hydrogen-bond donors (Lipinski definition) is 2. The van der Waals surface area contributed by atoms with Crippen molar-refractivity contribution in [3.63, 3.8) is 0 Å². The lowest BCUT2D eigenvalue weighted by molar-refractivity contribution is 0.161. The molecule has 5 heteroatoms. The Balaban J connectivity index is 0.00000106. The minimum Gasteiger partial charge on any atom is -0.449 e. The summed E-state index contributed by atoms with van der Waals surface area (Å²) in [5.41, 5.74) is 6.52. The van der Waals surface area contributed by atoms with Gasteiger partial charge in [0, 0.05) is 6.20 Å². The fourth-order valence-electron chi connectivity index (χ4n) is 0.850. The van der Waals surface area contributed by atoms with Crippen LogP contribution in [0, 0.1) is 0 Å². The zero-order valence-electron chi connectivity index (χ0n) is 9.99. The summed E-state index contributed by atoms with van der Waals surface area (Å²) in [5.74, 6) is 0. The van der Waals surface area contributed by atoms with Crippen molar-refractivity contribution < 1.29 is 9.53 Å². The Morgan fingerprint density at radius 3 is 2.81 bits per heavy atom. The molecular weight excluding hydrogens is 206 g/mol. The molecule has 0 atom stereocenters. The van der Waals surface area contributed by atoms with Crippen LogP contribution in [0.4, 0.5) is 16.2 Å². The Morgan fingerprint density at radius 1 is 1.56 bits per heavy atom. The molecule has 1 amide bonds. The number of rotatable bonds is 3. The molecule has 1 heterocycles. The number of anilines is 2.